The van der Waals surface area contributed by atoms with Gasteiger partial charge in [0.05, 0.1) is 15.5 Å². The van der Waals surface area contributed by atoms with E-state index in [1.54, 1.807) is 0 Å². The van der Waals surface area contributed by atoms with E-state index in [2.05, 4.69) is 4.72 Å². The van der Waals surface area contributed by atoms with Crippen LogP contribution in [0.1, 0.15) is 0 Å². The van der Waals surface area contributed by atoms with Crippen LogP contribution in [0.15, 0.2) is 47.4 Å². The average Bonchev–Trinajstić information content (AvgIpc) is 2.41. The Bertz CT molecular complexity index is 791. The van der Waals surface area contributed by atoms with E-state index in [9.17, 15) is 27.3 Å². The van der Waals surface area contributed by atoms with Gasteiger partial charge >= 0.3 is 5.69 Å². The fourth-order valence-electron chi connectivity index (χ4n) is 1.54. The molecule has 6 nitrogen and oxygen atoms in total. The zero-order valence-electron chi connectivity index (χ0n) is 10.3. The summed E-state index contributed by atoms with van der Waals surface area (Å²) < 4.78 is 51.9. The van der Waals surface area contributed by atoms with E-state index >= 15 is 0 Å². The first kappa shape index (κ1) is 14.9. The highest BCUT2D eigenvalue weighted by Crippen LogP contribution is 2.23. The van der Waals surface area contributed by atoms with Gasteiger partial charge in [-0.2, -0.15) is 4.39 Å². The van der Waals surface area contributed by atoms with Crippen molar-refractivity contribution in [3.63, 3.8) is 0 Å². The summed E-state index contributed by atoms with van der Waals surface area (Å²) >= 11 is 0. The van der Waals surface area contributed by atoms with Crippen LogP contribution >= 0.6 is 0 Å². The van der Waals surface area contributed by atoms with E-state index in [0.29, 0.717) is 0 Å². The van der Waals surface area contributed by atoms with Crippen molar-refractivity contribution in [2.45, 2.75) is 4.90 Å². The Morgan fingerprint density at radius 3 is 2.24 bits per heavy atom. The van der Waals surface area contributed by atoms with Crippen LogP contribution in [0, 0.1) is 21.7 Å². The maximum absolute atomic E-state index is 13.2. The number of benzene rings is 2. The highest BCUT2D eigenvalue weighted by Gasteiger charge is 2.18. The molecule has 0 aliphatic carbocycles. The van der Waals surface area contributed by atoms with Gasteiger partial charge in [-0.15, -0.1) is 0 Å². The van der Waals surface area contributed by atoms with Crippen molar-refractivity contribution in [1.29, 1.82) is 0 Å². The van der Waals surface area contributed by atoms with Crippen LogP contribution in [0.2, 0.25) is 0 Å². The standard InChI is InChI=1S/C12H8F2N2O4S/c13-8-1-4-10(5-2-8)21(19,20)15-9-3-6-11(14)12(7-9)16(17)18/h1-7,15H. The van der Waals surface area contributed by atoms with Gasteiger partial charge in [-0.25, -0.2) is 12.8 Å². The van der Waals surface area contributed by atoms with Crippen molar-refractivity contribution in [2.24, 2.45) is 0 Å². The smallest absolute Gasteiger partial charge is 0.279 e. The monoisotopic (exact) mass is 314 g/mol. The molecule has 110 valence electrons. The Kier molecular flexibility index (Phi) is 3.85. The van der Waals surface area contributed by atoms with E-state index < -0.39 is 32.3 Å². The van der Waals surface area contributed by atoms with Gasteiger partial charge in [0.2, 0.25) is 5.82 Å². The predicted octanol–water partition coefficient (Wildman–Crippen LogP) is 2.67. The molecule has 2 rings (SSSR count). The quantitative estimate of drug-likeness (QED) is 0.694. The van der Waals surface area contributed by atoms with E-state index in [0.717, 1.165) is 42.5 Å². The summed E-state index contributed by atoms with van der Waals surface area (Å²) in [6, 6.07) is 6.58. The van der Waals surface area contributed by atoms with Gasteiger partial charge in [0.25, 0.3) is 10.0 Å². The zero-order chi connectivity index (χ0) is 15.6. The topological polar surface area (TPSA) is 89.3 Å². The van der Waals surface area contributed by atoms with E-state index in [4.69, 9.17) is 0 Å². The third-order valence-corrected chi connectivity index (χ3v) is 3.92. The van der Waals surface area contributed by atoms with Crippen LogP contribution in [-0.4, -0.2) is 13.3 Å². The number of rotatable bonds is 4. The summed E-state index contributed by atoms with van der Waals surface area (Å²) in [5.41, 5.74) is -1.03. The van der Waals surface area contributed by atoms with Gasteiger partial charge in [0.15, 0.2) is 0 Å². The number of sulfonamides is 1. The lowest BCUT2D eigenvalue weighted by atomic mass is 10.3. The molecule has 0 saturated carbocycles. The van der Waals surface area contributed by atoms with Crippen LogP contribution in [0.25, 0.3) is 0 Å². The fraction of sp³-hybridized carbons (Fsp3) is 0. The Balaban J connectivity index is 2.35. The molecule has 2 aromatic carbocycles. The minimum atomic E-state index is -4.05. The SMILES string of the molecule is O=[N+]([O-])c1cc(NS(=O)(=O)c2ccc(F)cc2)ccc1F. The number of halogens is 2. The van der Waals surface area contributed by atoms with Crippen molar-refractivity contribution < 1.29 is 22.1 Å². The van der Waals surface area contributed by atoms with E-state index in [1.807, 2.05) is 0 Å². The Hall–Kier alpha value is -2.55. The lowest BCUT2D eigenvalue weighted by Gasteiger charge is -2.08. The van der Waals surface area contributed by atoms with Crippen molar-refractivity contribution in [3.05, 3.63) is 64.2 Å². The second-order valence-corrected chi connectivity index (χ2v) is 5.67. The maximum atomic E-state index is 13.2. The van der Waals surface area contributed by atoms with Gasteiger partial charge in [-0.05, 0) is 36.4 Å². The van der Waals surface area contributed by atoms with Gasteiger partial charge < -0.3 is 0 Å². The third-order valence-electron chi connectivity index (χ3n) is 2.52. The molecule has 0 atom stereocenters. The van der Waals surface area contributed by atoms with Crippen molar-refractivity contribution in [2.75, 3.05) is 4.72 Å². The fourth-order valence-corrected chi connectivity index (χ4v) is 2.59. The third kappa shape index (κ3) is 3.31. The molecule has 0 amide bonds. The van der Waals surface area contributed by atoms with Crippen molar-refractivity contribution >= 4 is 21.4 Å². The molecular formula is C12H8F2N2O4S. The number of nitro groups is 1. The molecule has 0 aromatic heterocycles. The van der Waals surface area contributed by atoms with Crippen LogP contribution in [-0.2, 0) is 10.0 Å². The van der Waals surface area contributed by atoms with Crippen LogP contribution in [0.4, 0.5) is 20.2 Å². The molecular weight excluding hydrogens is 306 g/mol. The average molecular weight is 314 g/mol. The molecule has 2 aromatic rings. The summed E-state index contributed by atoms with van der Waals surface area (Å²) in [6.45, 7) is 0. The van der Waals surface area contributed by atoms with Gasteiger partial charge in [-0.1, -0.05) is 0 Å². The Morgan fingerprint density at radius 1 is 1.05 bits per heavy atom. The zero-order valence-corrected chi connectivity index (χ0v) is 11.1. The number of hydrogen-bond acceptors (Lipinski definition) is 4. The highest BCUT2D eigenvalue weighted by molar-refractivity contribution is 7.92. The lowest BCUT2D eigenvalue weighted by molar-refractivity contribution is -0.387. The second-order valence-electron chi connectivity index (χ2n) is 3.98. The minimum Gasteiger partial charge on any atom is -0.279 e. The van der Waals surface area contributed by atoms with Gasteiger partial charge in [0, 0.05) is 6.07 Å². The first-order valence-electron chi connectivity index (χ1n) is 5.52. The summed E-state index contributed by atoms with van der Waals surface area (Å²) in [6.07, 6.45) is 0. The second kappa shape index (κ2) is 5.44. The molecule has 0 radical (unpaired) electrons. The first-order valence-corrected chi connectivity index (χ1v) is 7.00. The first-order chi connectivity index (χ1) is 9.79. The number of hydrogen-bond donors (Lipinski definition) is 1. The summed E-state index contributed by atoms with van der Waals surface area (Å²) in [7, 11) is -4.05. The van der Waals surface area contributed by atoms with Crippen molar-refractivity contribution in [3.8, 4) is 0 Å². The molecule has 0 heterocycles. The van der Waals surface area contributed by atoms with E-state index in [-0.39, 0.29) is 10.6 Å². The molecule has 0 aliphatic rings. The largest absolute Gasteiger partial charge is 0.306 e. The number of nitrogens with one attached hydrogen (secondary N) is 1. The molecule has 0 unspecified atom stereocenters. The van der Waals surface area contributed by atoms with Gasteiger partial charge in [-0.3, -0.25) is 14.8 Å². The molecule has 0 spiro atoms. The Morgan fingerprint density at radius 2 is 1.67 bits per heavy atom. The number of nitrogens with zero attached hydrogens (tertiary/aromatic N) is 1. The molecule has 21 heavy (non-hydrogen) atoms. The molecule has 1 N–H and O–H groups in total. The molecule has 0 aliphatic heterocycles. The number of anilines is 1. The predicted molar refractivity (Wildman–Crippen MR) is 70.3 cm³/mol. The van der Waals surface area contributed by atoms with Crippen molar-refractivity contribution in [1.82, 2.24) is 0 Å². The molecule has 0 fully saturated rings. The minimum absolute atomic E-state index is 0.174. The normalized spacial score (nSPS) is 11.1. The summed E-state index contributed by atoms with van der Waals surface area (Å²) in [5, 5.41) is 10.6. The maximum Gasteiger partial charge on any atom is 0.306 e. The van der Waals surface area contributed by atoms with Gasteiger partial charge in [0.1, 0.15) is 5.82 Å². The molecule has 0 bridgehead atoms. The lowest BCUT2D eigenvalue weighted by Crippen LogP contribution is -2.13. The molecule has 0 saturated heterocycles. The van der Waals surface area contributed by atoms with Crippen LogP contribution < -0.4 is 4.72 Å². The summed E-state index contributed by atoms with van der Waals surface area (Å²) in [5.74, 6) is -1.68. The molecule has 9 heteroatoms. The van der Waals surface area contributed by atoms with E-state index in [1.165, 1.54) is 0 Å². The summed E-state index contributed by atoms with van der Waals surface area (Å²) in [4.78, 5) is 9.40. The highest BCUT2D eigenvalue weighted by atomic mass is 32.2. The number of nitro benzene ring substituents is 1. The Labute approximate surface area is 118 Å². The van der Waals surface area contributed by atoms with Crippen LogP contribution in [0.3, 0.4) is 0 Å². The van der Waals surface area contributed by atoms with Crippen LogP contribution in [0.5, 0.6) is 0 Å².